The summed E-state index contributed by atoms with van der Waals surface area (Å²) in [7, 11) is 0. The Kier molecular flexibility index (Phi) is 3.94. The third-order valence-electron chi connectivity index (χ3n) is 4.42. The van der Waals surface area contributed by atoms with E-state index in [0.717, 1.165) is 17.5 Å². The Balaban J connectivity index is 2.15. The molecule has 2 aromatic rings. The van der Waals surface area contributed by atoms with E-state index in [-0.39, 0.29) is 5.92 Å². The number of carboxylic acids is 1. The predicted molar refractivity (Wildman–Crippen MR) is 87.3 cm³/mol. The third kappa shape index (κ3) is 2.40. The molecule has 1 heterocycles. The molecule has 1 unspecified atom stereocenters. The number of rotatable bonds is 3. The number of carboxylic acid groups (broad SMARTS) is 1. The molecular weight excluding hydrogens is 298 g/mol. The maximum atomic E-state index is 12.2. The van der Waals surface area contributed by atoms with E-state index in [9.17, 15) is 9.90 Å². The Hall–Kier alpha value is -1.84. The molecule has 0 saturated carbocycles. The number of halogens is 1. The maximum absolute atomic E-state index is 12.2. The van der Waals surface area contributed by atoms with Gasteiger partial charge in [0, 0.05) is 10.9 Å². The molecule has 1 saturated heterocycles. The summed E-state index contributed by atoms with van der Waals surface area (Å²) in [5.41, 5.74) is 1.76. The van der Waals surface area contributed by atoms with Crippen molar-refractivity contribution in [2.24, 2.45) is 0 Å². The summed E-state index contributed by atoms with van der Waals surface area (Å²) in [5.74, 6) is -0.984. The molecule has 4 heteroatoms. The van der Waals surface area contributed by atoms with Crippen LogP contribution in [0.5, 0.6) is 0 Å². The van der Waals surface area contributed by atoms with Crippen LogP contribution < -0.4 is 5.32 Å². The van der Waals surface area contributed by atoms with E-state index in [1.807, 2.05) is 31.2 Å². The van der Waals surface area contributed by atoms with E-state index in [1.165, 1.54) is 0 Å². The van der Waals surface area contributed by atoms with Gasteiger partial charge in [-0.2, -0.15) is 0 Å². The van der Waals surface area contributed by atoms with Gasteiger partial charge in [-0.25, -0.2) is 4.79 Å². The fourth-order valence-electron chi connectivity index (χ4n) is 3.44. The minimum atomic E-state index is -1.13. The van der Waals surface area contributed by atoms with Gasteiger partial charge < -0.3 is 5.11 Å². The highest BCUT2D eigenvalue weighted by molar-refractivity contribution is 6.30. The van der Waals surface area contributed by atoms with E-state index >= 15 is 0 Å². The average molecular weight is 316 g/mol. The number of benzene rings is 2. The highest BCUT2D eigenvalue weighted by Crippen LogP contribution is 2.44. The van der Waals surface area contributed by atoms with Crippen molar-refractivity contribution in [3.63, 3.8) is 0 Å². The van der Waals surface area contributed by atoms with Crippen LogP contribution in [0.25, 0.3) is 0 Å². The van der Waals surface area contributed by atoms with E-state index < -0.39 is 11.5 Å². The van der Waals surface area contributed by atoms with Crippen LogP contribution in [0.15, 0.2) is 48.5 Å². The molecule has 1 aliphatic rings. The van der Waals surface area contributed by atoms with E-state index in [1.54, 1.807) is 18.2 Å². The van der Waals surface area contributed by atoms with Crippen LogP contribution in [0, 0.1) is 6.92 Å². The predicted octanol–water partition coefficient (Wildman–Crippen LogP) is 3.71. The van der Waals surface area contributed by atoms with Crippen LogP contribution in [0.1, 0.15) is 29.0 Å². The largest absolute Gasteiger partial charge is 0.480 e. The summed E-state index contributed by atoms with van der Waals surface area (Å²) < 4.78 is 0. The first-order valence-electron chi connectivity index (χ1n) is 7.35. The van der Waals surface area contributed by atoms with Gasteiger partial charge in [0.1, 0.15) is 5.54 Å². The fraction of sp³-hybridized carbons (Fsp3) is 0.278. The summed E-state index contributed by atoms with van der Waals surface area (Å²) in [6, 6.07) is 15.2. The topological polar surface area (TPSA) is 49.3 Å². The van der Waals surface area contributed by atoms with Gasteiger partial charge in [-0.15, -0.1) is 0 Å². The summed E-state index contributed by atoms with van der Waals surface area (Å²) >= 11 is 6.09. The van der Waals surface area contributed by atoms with Crippen molar-refractivity contribution < 1.29 is 9.90 Å². The Morgan fingerprint density at radius 2 is 2.05 bits per heavy atom. The van der Waals surface area contributed by atoms with Gasteiger partial charge in [0.25, 0.3) is 0 Å². The van der Waals surface area contributed by atoms with Crippen LogP contribution in [0.3, 0.4) is 0 Å². The molecule has 1 fully saturated rings. The Morgan fingerprint density at radius 1 is 1.27 bits per heavy atom. The standard InChI is InChI=1S/C18H18ClNO2/c1-12-4-2-5-13(10-12)16-8-9-20-18(16,17(21)22)14-6-3-7-15(19)11-14/h2-7,10-11,16,20H,8-9H2,1H3,(H,21,22)/t16?,18-/m0/s1. The first-order valence-corrected chi connectivity index (χ1v) is 7.73. The van der Waals surface area contributed by atoms with Crippen LogP contribution in [0.4, 0.5) is 0 Å². The van der Waals surface area contributed by atoms with Gasteiger partial charge in [-0.3, -0.25) is 5.32 Å². The van der Waals surface area contributed by atoms with Crippen LogP contribution in [-0.4, -0.2) is 17.6 Å². The summed E-state index contributed by atoms with van der Waals surface area (Å²) in [4.78, 5) is 12.2. The Labute approximate surface area is 134 Å². The smallest absolute Gasteiger partial charge is 0.329 e. The number of carbonyl (C=O) groups is 1. The van der Waals surface area contributed by atoms with Gasteiger partial charge in [0.05, 0.1) is 0 Å². The number of aliphatic carboxylic acids is 1. The third-order valence-corrected chi connectivity index (χ3v) is 4.66. The second kappa shape index (κ2) is 5.75. The quantitative estimate of drug-likeness (QED) is 0.908. The van der Waals surface area contributed by atoms with Crippen molar-refractivity contribution in [2.75, 3.05) is 6.54 Å². The number of hydrogen-bond donors (Lipinski definition) is 2. The molecule has 0 aliphatic carbocycles. The van der Waals surface area contributed by atoms with E-state index in [0.29, 0.717) is 17.1 Å². The Bertz CT molecular complexity index is 716. The van der Waals surface area contributed by atoms with Crippen molar-refractivity contribution in [2.45, 2.75) is 24.8 Å². The molecule has 2 aromatic carbocycles. The maximum Gasteiger partial charge on any atom is 0.329 e. The lowest BCUT2D eigenvalue weighted by Gasteiger charge is -2.32. The van der Waals surface area contributed by atoms with Crippen LogP contribution in [-0.2, 0) is 10.3 Å². The number of nitrogens with one attached hydrogen (secondary N) is 1. The van der Waals surface area contributed by atoms with Crippen molar-refractivity contribution in [1.82, 2.24) is 5.32 Å². The van der Waals surface area contributed by atoms with Gasteiger partial charge in [0.2, 0.25) is 0 Å². The molecule has 0 amide bonds. The van der Waals surface area contributed by atoms with E-state index in [4.69, 9.17) is 11.6 Å². The van der Waals surface area contributed by atoms with E-state index in [2.05, 4.69) is 11.4 Å². The second-order valence-electron chi connectivity index (χ2n) is 5.81. The second-order valence-corrected chi connectivity index (χ2v) is 6.24. The minimum absolute atomic E-state index is 0.122. The van der Waals surface area contributed by atoms with Gasteiger partial charge in [-0.1, -0.05) is 53.6 Å². The molecule has 0 spiro atoms. The van der Waals surface area contributed by atoms with Gasteiger partial charge in [0.15, 0.2) is 0 Å². The summed E-state index contributed by atoms with van der Waals surface area (Å²) in [6.45, 7) is 2.69. The summed E-state index contributed by atoms with van der Waals surface area (Å²) in [5, 5.41) is 13.8. The zero-order chi connectivity index (χ0) is 15.7. The van der Waals surface area contributed by atoms with Crippen molar-refractivity contribution in [1.29, 1.82) is 0 Å². The number of aryl methyl sites for hydroxylation is 1. The van der Waals surface area contributed by atoms with Crippen molar-refractivity contribution >= 4 is 17.6 Å². The lowest BCUT2D eigenvalue weighted by atomic mass is 9.75. The lowest BCUT2D eigenvalue weighted by molar-refractivity contribution is -0.145. The number of hydrogen-bond acceptors (Lipinski definition) is 2. The molecule has 0 radical (unpaired) electrons. The lowest BCUT2D eigenvalue weighted by Crippen LogP contribution is -2.48. The normalized spacial score (nSPS) is 24.4. The molecule has 3 rings (SSSR count). The minimum Gasteiger partial charge on any atom is -0.480 e. The van der Waals surface area contributed by atoms with Crippen LogP contribution >= 0.6 is 11.6 Å². The first-order chi connectivity index (χ1) is 10.5. The highest BCUT2D eigenvalue weighted by Gasteiger charge is 2.51. The van der Waals surface area contributed by atoms with Crippen molar-refractivity contribution in [3.05, 3.63) is 70.2 Å². The van der Waals surface area contributed by atoms with Crippen LogP contribution in [0.2, 0.25) is 5.02 Å². The molecule has 0 aromatic heterocycles. The highest BCUT2D eigenvalue weighted by atomic mass is 35.5. The summed E-state index contributed by atoms with van der Waals surface area (Å²) in [6.07, 6.45) is 0.780. The zero-order valence-corrected chi connectivity index (χ0v) is 13.1. The zero-order valence-electron chi connectivity index (χ0n) is 12.3. The van der Waals surface area contributed by atoms with Gasteiger partial charge in [-0.05, 0) is 43.1 Å². The molecule has 2 atom stereocenters. The first kappa shape index (κ1) is 15.1. The molecule has 2 N–H and O–H groups in total. The Morgan fingerprint density at radius 3 is 2.73 bits per heavy atom. The molecule has 3 nitrogen and oxygen atoms in total. The molecule has 0 bridgehead atoms. The van der Waals surface area contributed by atoms with Crippen molar-refractivity contribution in [3.8, 4) is 0 Å². The molecule has 114 valence electrons. The average Bonchev–Trinajstić information content (AvgIpc) is 2.93. The fourth-order valence-corrected chi connectivity index (χ4v) is 3.63. The SMILES string of the molecule is Cc1cccc(C2CCN[C@@]2(C(=O)O)c2cccc(Cl)c2)c1. The monoisotopic (exact) mass is 315 g/mol. The molecule has 1 aliphatic heterocycles. The molecule has 22 heavy (non-hydrogen) atoms. The molecular formula is C18H18ClNO2. The van der Waals surface area contributed by atoms with Gasteiger partial charge >= 0.3 is 5.97 Å².